The van der Waals surface area contributed by atoms with Gasteiger partial charge in [-0.25, -0.2) is 4.98 Å². The summed E-state index contributed by atoms with van der Waals surface area (Å²) >= 11 is 0. The van der Waals surface area contributed by atoms with E-state index in [1.807, 2.05) is 18.2 Å². The Morgan fingerprint density at radius 1 is 1.04 bits per heavy atom. The van der Waals surface area contributed by atoms with Gasteiger partial charge in [0.1, 0.15) is 17.3 Å². The fourth-order valence-electron chi connectivity index (χ4n) is 2.57. The maximum Gasteiger partial charge on any atom is 0.291 e. The zero-order valence-electron chi connectivity index (χ0n) is 15.3. The molecule has 0 aliphatic heterocycles. The minimum Gasteiger partial charge on any atom is -0.497 e. The highest BCUT2D eigenvalue weighted by molar-refractivity contribution is 6.02. The first-order valence-electron chi connectivity index (χ1n) is 8.24. The van der Waals surface area contributed by atoms with Gasteiger partial charge < -0.3 is 23.9 Å². The molecule has 0 radical (unpaired) electrons. The normalized spacial score (nSPS) is 10.3. The molecule has 3 aromatic rings. The molecule has 0 unspecified atom stereocenters. The summed E-state index contributed by atoms with van der Waals surface area (Å²) < 4.78 is 21.3. The molecule has 0 atom stereocenters. The van der Waals surface area contributed by atoms with Crippen molar-refractivity contribution in [1.82, 2.24) is 4.98 Å². The van der Waals surface area contributed by atoms with E-state index in [4.69, 9.17) is 18.6 Å². The van der Waals surface area contributed by atoms with Gasteiger partial charge in [0.25, 0.3) is 5.91 Å². The lowest BCUT2D eigenvalue weighted by Gasteiger charge is -2.09. The summed E-state index contributed by atoms with van der Waals surface area (Å²) in [4.78, 5) is 16.4. The van der Waals surface area contributed by atoms with Crippen molar-refractivity contribution in [3.8, 4) is 17.4 Å². The molecule has 1 amide bonds. The van der Waals surface area contributed by atoms with E-state index in [0.717, 1.165) is 17.1 Å². The molecule has 0 saturated heterocycles. The van der Waals surface area contributed by atoms with Crippen molar-refractivity contribution in [1.29, 1.82) is 0 Å². The SMILES string of the molecule is COc1ccc(OC)c(Cc2ccc(C(=O)Nc3ccc(OC)nc3)o2)c1. The molecule has 0 aliphatic rings. The highest BCUT2D eigenvalue weighted by Crippen LogP contribution is 2.27. The fraction of sp³-hybridized carbons (Fsp3) is 0.200. The second-order valence-electron chi connectivity index (χ2n) is 5.66. The molecule has 0 spiro atoms. The number of furan rings is 1. The molecule has 0 saturated carbocycles. The van der Waals surface area contributed by atoms with Crippen LogP contribution in [0.2, 0.25) is 0 Å². The summed E-state index contributed by atoms with van der Waals surface area (Å²) in [5.41, 5.74) is 1.45. The number of pyridine rings is 1. The first-order valence-corrected chi connectivity index (χ1v) is 8.24. The van der Waals surface area contributed by atoms with Crippen molar-refractivity contribution >= 4 is 11.6 Å². The van der Waals surface area contributed by atoms with Gasteiger partial charge in [0, 0.05) is 18.1 Å². The van der Waals surface area contributed by atoms with E-state index >= 15 is 0 Å². The molecule has 0 aliphatic carbocycles. The molecule has 2 aromatic heterocycles. The smallest absolute Gasteiger partial charge is 0.291 e. The van der Waals surface area contributed by atoms with Gasteiger partial charge in [-0.2, -0.15) is 0 Å². The Morgan fingerprint density at radius 2 is 1.89 bits per heavy atom. The molecule has 7 heteroatoms. The molecular weight excluding hydrogens is 348 g/mol. The third-order valence-electron chi connectivity index (χ3n) is 3.94. The predicted molar refractivity (Wildman–Crippen MR) is 99.8 cm³/mol. The Labute approximate surface area is 156 Å². The van der Waals surface area contributed by atoms with Crippen molar-refractivity contribution in [3.63, 3.8) is 0 Å². The summed E-state index contributed by atoms with van der Waals surface area (Å²) in [7, 11) is 4.74. The number of anilines is 1. The van der Waals surface area contributed by atoms with E-state index < -0.39 is 0 Å². The quantitative estimate of drug-likeness (QED) is 0.687. The number of nitrogens with zero attached hydrogens (tertiary/aromatic N) is 1. The maximum absolute atomic E-state index is 12.3. The molecule has 2 heterocycles. The van der Waals surface area contributed by atoms with Gasteiger partial charge in [0.15, 0.2) is 5.76 Å². The van der Waals surface area contributed by atoms with Gasteiger partial charge in [-0.1, -0.05) is 0 Å². The van der Waals surface area contributed by atoms with Crippen LogP contribution in [-0.2, 0) is 6.42 Å². The molecule has 27 heavy (non-hydrogen) atoms. The Bertz CT molecular complexity index is 918. The monoisotopic (exact) mass is 368 g/mol. The van der Waals surface area contributed by atoms with Crippen LogP contribution in [0.25, 0.3) is 0 Å². The first kappa shape index (κ1) is 18.3. The summed E-state index contributed by atoms with van der Waals surface area (Å²) in [6, 6.07) is 12.3. The number of amides is 1. The lowest BCUT2D eigenvalue weighted by Crippen LogP contribution is -2.11. The van der Waals surface area contributed by atoms with Crippen LogP contribution in [0.3, 0.4) is 0 Å². The minimum absolute atomic E-state index is 0.211. The Hall–Kier alpha value is -3.48. The molecule has 140 valence electrons. The van der Waals surface area contributed by atoms with Crippen LogP contribution in [-0.4, -0.2) is 32.2 Å². The summed E-state index contributed by atoms with van der Waals surface area (Å²) in [5.74, 6) is 2.42. The lowest BCUT2D eigenvalue weighted by molar-refractivity contribution is 0.0995. The van der Waals surface area contributed by atoms with Gasteiger partial charge >= 0.3 is 0 Å². The van der Waals surface area contributed by atoms with Crippen molar-refractivity contribution in [2.75, 3.05) is 26.6 Å². The highest BCUT2D eigenvalue weighted by Gasteiger charge is 2.14. The van der Waals surface area contributed by atoms with Gasteiger partial charge in [-0.05, 0) is 36.4 Å². The molecule has 7 nitrogen and oxygen atoms in total. The van der Waals surface area contributed by atoms with Crippen LogP contribution in [0.1, 0.15) is 21.9 Å². The number of nitrogens with one attached hydrogen (secondary N) is 1. The first-order chi connectivity index (χ1) is 13.1. The third kappa shape index (κ3) is 4.38. The number of carbonyl (C=O) groups is 1. The predicted octanol–water partition coefficient (Wildman–Crippen LogP) is 3.54. The van der Waals surface area contributed by atoms with Crippen LogP contribution in [0, 0.1) is 0 Å². The van der Waals surface area contributed by atoms with Crippen molar-refractivity contribution in [2.45, 2.75) is 6.42 Å². The summed E-state index contributed by atoms with van der Waals surface area (Å²) in [6.45, 7) is 0. The number of carbonyl (C=O) groups excluding carboxylic acids is 1. The van der Waals surface area contributed by atoms with E-state index in [-0.39, 0.29) is 11.7 Å². The lowest BCUT2D eigenvalue weighted by atomic mass is 10.1. The van der Waals surface area contributed by atoms with Gasteiger partial charge in [0.05, 0.1) is 33.2 Å². The fourth-order valence-corrected chi connectivity index (χ4v) is 2.57. The van der Waals surface area contributed by atoms with E-state index in [0.29, 0.717) is 23.7 Å². The largest absolute Gasteiger partial charge is 0.497 e. The molecule has 0 bridgehead atoms. The van der Waals surface area contributed by atoms with E-state index in [1.165, 1.54) is 13.3 Å². The summed E-state index contributed by atoms with van der Waals surface area (Å²) in [6.07, 6.45) is 1.99. The average Bonchev–Trinajstić information content (AvgIpc) is 3.17. The van der Waals surface area contributed by atoms with Crippen LogP contribution in [0.4, 0.5) is 5.69 Å². The average molecular weight is 368 g/mol. The van der Waals surface area contributed by atoms with Gasteiger partial charge in [0.2, 0.25) is 5.88 Å². The topological polar surface area (TPSA) is 82.8 Å². The molecule has 0 fully saturated rings. The van der Waals surface area contributed by atoms with Crippen LogP contribution in [0.15, 0.2) is 53.1 Å². The van der Waals surface area contributed by atoms with E-state index in [1.54, 1.807) is 38.5 Å². The summed E-state index contributed by atoms with van der Waals surface area (Å²) in [5, 5.41) is 2.73. The third-order valence-corrected chi connectivity index (χ3v) is 3.94. The standard InChI is InChI=1S/C20H20N2O5/c1-24-15-5-7-17(25-2)13(10-15)11-16-6-8-18(27-16)20(23)22-14-4-9-19(26-3)21-12-14/h4-10,12H,11H2,1-3H3,(H,22,23). The number of methoxy groups -OCH3 is 3. The minimum atomic E-state index is -0.356. The van der Waals surface area contributed by atoms with Crippen LogP contribution < -0.4 is 19.5 Å². The molecule has 1 N–H and O–H groups in total. The second-order valence-corrected chi connectivity index (χ2v) is 5.66. The number of benzene rings is 1. The van der Waals surface area contributed by atoms with Crippen molar-refractivity contribution in [2.24, 2.45) is 0 Å². The molecule has 1 aromatic carbocycles. The van der Waals surface area contributed by atoms with Crippen molar-refractivity contribution in [3.05, 3.63) is 65.7 Å². The number of hydrogen-bond donors (Lipinski definition) is 1. The van der Waals surface area contributed by atoms with E-state index in [9.17, 15) is 4.79 Å². The molecule has 3 rings (SSSR count). The van der Waals surface area contributed by atoms with E-state index in [2.05, 4.69) is 10.3 Å². The second kappa shape index (κ2) is 8.27. The molecular formula is C20H20N2O5. The Balaban J connectivity index is 1.71. The van der Waals surface area contributed by atoms with Gasteiger partial charge in [-0.3, -0.25) is 4.79 Å². The van der Waals surface area contributed by atoms with Crippen LogP contribution in [0.5, 0.6) is 17.4 Å². The Morgan fingerprint density at radius 3 is 2.56 bits per heavy atom. The number of hydrogen-bond acceptors (Lipinski definition) is 6. The highest BCUT2D eigenvalue weighted by atomic mass is 16.5. The van der Waals surface area contributed by atoms with Crippen LogP contribution >= 0.6 is 0 Å². The maximum atomic E-state index is 12.3. The number of ether oxygens (including phenoxy) is 3. The number of aromatic nitrogens is 1. The van der Waals surface area contributed by atoms with Gasteiger partial charge in [-0.15, -0.1) is 0 Å². The van der Waals surface area contributed by atoms with Crippen molar-refractivity contribution < 1.29 is 23.4 Å². The number of rotatable bonds is 7. The Kier molecular flexibility index (Phi) is 5.61. The zero-order valence-corrected chi connectivity index (χ0v) is 15.3. The zero-order chi connectivity index (χ0) is 19.2.